The summed E-state index contributed by atoms with van der Waals surface area (Å²) in [6.07, 6.45) is 0. The van der Waals surface area contributed by atoms with Gasteiger partial charge >= 0.3 is 0 Å². The van der Waals surface area contributed by atoms with Crippen LogP contribution in [0.5, 0.6) is 11.5 Å². The highest BCUT2D eigenvalue weighted by Crippen LogP contribution is 2.41. The van der Waals surface area contributed by atoms with Crippen LogP contribution in [-0.4, -0.2) is 68.0 Å². The number of ketones is 1. The third-order valence-electron chi connectivity index (χ3n) is 5.11. The number of rotatable bonds is 7. The molecule has 1 saturated heterocycles. The highest BCUT2D eigenvalue weighted by atomic mass is 16.5. The monoisotopic (exact) mass is 410 g/mol. The fourth-order valence-corrected chi connectivity index (χ4v) is 3.54. The van der Waals surface area contributed by atoms with Crippen LogP contribution in [-0.2, 0) is 9.59 Å². The van der Waals surface area contributed by atoms with Crippen LogP contribution in [0.25, 0.3) is 5.76 Å². The number of ether oxygens (including phenoxy) is 2. The van der Waals surface area contributed by atoms with Crippen LogP contribution < -0.4 is 9.47 Å². The Bertz CT molecular complexity index is 969. The Balaban J connectivity index is 2.17. The van der Waals surface area contributed by atoms with E-state index in [0.717, 1.165) is 5.56 Å². The van der Waals surface area contributed by atoms with Crippen molar-refractivity contribution in [3.63, 3.8) is 0 Å². The summed E-state index contributed by atoms with van der Waals surface area (Å²) in [7, 11) is 6.79. The van der Waals surface area contributed by atoms with Gasteiger partial charge in [-0.05, 0) is 31.8 Å². The molecule has 0 unspecified atom stereocenters. The molecule has 0 bridgehead atoms. The Kier molecular flexibility index (Phi) is 6.42. The number of methoxy groups -OCH3 is 2. The lowest BCUT2D eigenvalue weighted by molar-refractivity contribution is -0.140. The molecule has 30 heavy (non-hydrogen) atoms. The first-order valence-electron chi connectivity index (χ1n) is 9.59. The summed E-state index contributed by atoms with van der Waals surface area (Å²) in [5, 5.41) is 11.2. The number of aliphatic hydroxyl groups is 1. The lowest BCUT2D eigenvalue weighted by atomic mass is 9.95. The van der Waals surface area contributed by atoms with Gasteiger partial charge in [-0.15, -0.1) is 0 Å². The summed E-state index contributed by atoms with van der Waals surface area (Å²) in [6.45, 7) is 0.940. The summed E-state index contributed by atoms with van der Waals surface area (Å²) in [6, 6.07) is 13.5. The fourth-order valence-electron chi connectivity index (χ4n) is 3.54. The average Bonchev–Trinajstić information content (AvgIpc) is 3.02. The summed E-state index contributed by atoms with van der Waals surface area (Å²) >= 11 is 0. The molecule has 1 heterocycles. The lowest BCUT2D eigenvalue weighted by Crippen LogP contribution is -2.35. The number of likely N-dealkylation sites (N-methyl/N-ethyl adjacent to an activating group) is 1. The van der Waals surface area contributed by atoms with Gasteiger partial charge in [0.05, 0.1) is 31.4 Å². The van der Waals surface area contributed by atoms with E-state index in [4.69, 9.17) is 9.47 Å². The Morgan fingerprint density at radius 2 is 1.77 bits per heavy atom. The third kappa shape index (κ3) is 4.02. The van der Waals surface area contributed by atoms with Gasteiger partial charge in [0.1, 0.15) is 17.3 Å². The van der Waals surface area contributed by atoms with Crippen molar-refractivity contribution in [1.82, 2.24) is 9.80 Å². The number of hydrogen-bond acceptors (Lipinski definition) is 6. The maximum absolute atomic E-state index is 13.0. The molecule has 2 aromatic rings. The van der Waals surface area contributed by atoms with Gasteiger partial charge in [0.2, 0.25) is 0 Å². The summed E-state index contributed by atoms with van der Waals surface area (Å²) in [5.74, 6) is -0.709. The van der Waals surface area contributed by atoms with Crippen molar-refractivity contribution in [2.75, 3.05) is 41.4 Å². The van der Waals surface area contributed by atoms with Gasteiger partial charge in [0.25, 0.3) is 11.7 Å². The number of benzene rings is 2. The lowest BCUT2D eigenvalue weighted by Gasteiger charge is -2.26. The number of carbonyl (C=O) groups excluding carboxylic acids is 2. The van der Waals surface area contributed by atoms with Crippen LogP contribution in [0.3, 0.4) is 0 Å². The number of aliphatic hydroxyl groups excluding tert-OH is 1. The molecule has 1 aliphatic rings. The zero-order valence-electron chi connectivity index (χ0n) is 17.6. The zero-order valence-corrected chi connectivity index (χ0v) is 17.6. The molecule has 3 rings (SSSR count). The number of Topliss-reactive ketones (excluding diaryl/α,β-unsaturated/α-hetero) is 1. The van der Waals surface area contributed by atoms with E-state index in [2.05, 4.69) is 0 Å². The van der Waals surface area contributed by atoms with Crippen molar-refractivity contribution >= 4 is 17.4 Å². The van der Waals surface area contributed by atoms with E-state index in [1.165, 1.54) is 19.1 Å². The second-order valence-electron chi connectivity index (χ2n) is 7.27. The second-order valence-corrected chi connectivity index (χ2v) is 7.27. The highest BCUT2D eigenvalue weighted by Gasteiger charge is 2.46. The predicted molar refractivity (Wildman–Crippen MR) is 114 cm³/mol. The van der Waals surface area contributed by atoms with Gasteiger partial charge < -0.3 is 24.4 Å². The smallest absolute Gasteiger partial charge is 0.295 e. The summed E-state index contributed by atoms with van der Waals surface area (Å²) in [5.41, 5.74) is 1.13. The molecule has 2 aromatic carbocycles. The first-order chi connectivity index (χ1) is 14.4. The third-order valence-corrected chi connectivity index (χ3v) is 5.11. The molecule has 0 aliphatic carbocycles. The van der Waals surface area contributed by atoms with E-state index in [1.54, 1.807) is 18.2 Å². The van der Waals surface area contributed by atoms with E-state index in [-0.39, 0.29) is 11.3 Å². The maximum Gasteiger partial charge on any atom is 0.295 e. The standard InChI is InChI=1S/C23H26N2O5/c1-24(2)12-13-25-20(15-8-6-5-7-9-15)19(22(27)23(25)28)21(26)17-11-10-16(29-3)14-18(17)30-4/h5-11,14,20,26H,12-13H2,1-4H3/b21-19+/t20-/m0/s1. The summed E-state index contributed by atoms with van der Waals surface area (Å²) in [4.78, 5) is 29.3. The molecule has 1 atom stereocenters. The first-order valence-corrected chi connectivity index (χ1v) is 9.59. The van der Waals surface area contributed by atoms with Crippen LogP contribution in [0.15, 0.2) is 54.1 Å². The van der Waals surface area contributed by atoms with Crippen LogP contribution in [0, 0.1) is 0 Å². The molecule has 1 N–H and O–H groups in total. The van der Waals surface area contributed by atoms with Crippen molar-refractivity contribution in [3.8, 4) is 11.5 Å². The van der Waals surface area contributed by atoms with Gasteiger partial charge in [-0.2, -0.15) is 0 Å². The van der Waals surface area contributed by atoms with Crippen molar-refractivity contribution < 1.29 is 24.2 Å². The molecule has 1 fully saturated rings. The van der Waals surface area contributed by atoms with Crippen molar-refractivity contribution in [1.29, 1.82) is 0 Å². The molecule has 0 saturated carbocycles. The van der Waals surface area contributed by atoms with Gasteiger partial charge in [0.15, 0.2) is 0 Å². The van der Waals surface area contributed by atoms with Gasteiger partial charge in [-0.1, -0.05) is 30.3 Å². The largest absolute Gasteiger partial charge is 0.507 e. The highest BCUT2D eigenvalue weighted by molar-refractivity contribution is 6.46. The summed E-state index contributed by atoms with van der Waals surface area (Å²) < 4.78 is 10.6. The number of carbonyl (C=O) groups is 2. The van der Waals surface area contributed by atoms with Crippen molar-refractivity contribution in [2.45, 2.75) is 6.04 Å². The quantitative estimate of drug-likeness (QED) is 0.430. The van der Waals surface area contributed by atoms with E-state index in [0.29, 0.717) is 30.2 Å². The van der Waals surface area contributed by atoms with E-state index >= 15 is 0 Å². The average molecular weight is 410 g/mol. The molecule has 158 valence electrons. The van der Waals surface area contributed by atoms with Gasteiger partial charge in [0, 0.05) is 19.2 Å². The topological polar surface area (TPSA) is 79.3 Å². The van der Waals surface area contributed by atoms with E-state index < -0.39 is 17.7 Å². The Morgan fingerprint density at radius 1 is 1.07 bits per heavy atom. The Morgan fingerprint density at radius 3 is 2.37 bits per heavy atom. The molecule has 7 heteroatoms. The molecule has 1 aliphatic heterocycles. The van der Waals surface area contributed by atoms with Crippen LogP contribution >= 0.6 is 0 Å². The van der Waals surface area contributed by atoms with E-state index in [1.807, 2.05) is 49.3 Å². The minimum Gasteiger partial charge on any atom is -0.507 e. The normalized spacial score (nSPS) is 18.2. The fraction of sp³-hybridized carbons (Fsp3) is 0.304. The number of hydrogen-bond donors (Lipinski definition) is 1. The molecular weight excluding hydrogens is 384 g/mol. The number of amides is 1. The van der Waals surface area contributed by atoms with Crippen LogP contribution in [0.1, 0.15) is 17.2 Å². The maximum atomic E-state index is 13.0. The second kappa shape index (κ2) is 9.00. The minimum atomic E-state index is -0.710. The Labute approximate surface area is 176 Å². The van der Waals surface area contributed by atoms with Crippen LogP contribution in [0.4, 0.5) is 0 Å². The zero-order chi connectivity index (χ0) is 21.8. The SMILES string of the molecule is COc1ccc(/C(O)=C2\C(=O)C(=O)N(CCN(C)C)[C@H]2c2ccccc2)c(OC)c1. The van der Waals surface area contributed by atoms with Crippen LogP contribution in [0.2, 0.25) is 0 Å². The van der Waals surface area contributed by atoms with E-state index in [9.17, 15) is 14.7 Å². The van der Waals surface area contributed by atoms with Crippen molar-refractivity contribution in [2.24, 2.45) is 0 Å². The molecule has 0 aromatic heterocycles. The molecule has 7 nitrogen and oxygen atoms in total. The Hall–Kier alpha value is -3.32. The molecule has 0 spiro atoms. The van der Waals surface area contributed by atoms with Gasteiger partial charge in [-0.3, -0.25) is 9.59 Å². The number of nitrogens with zero attached hydrogens (tertiary/aromatic N) is 2. The first kappa shape index (κ1) is 21.4. The minimum absolute atomic E-state index is 0.0495. The van der Waals surface area contributed by atoms with Crippen molar-refractivity contribution in [3.05, 3.63) is 65.2 Å². The molecule has 1 amide bonds. The predicted octanol–water partition coefficient (Wildman–Crippen LogP) is 2.69. The number of likely N-dealkylation sites (tertiary alicyclic amines) is 1. The van der Waals surface area contributed by atoms with Gasteiger partial charge in [-0.25, -0.2) is 0 Å². The molecule has 0 radical (unpaired) electrons. The molecular formula is C23H26N2O5.